The first-order chi connectivity index (χ1) is 4.70. The Labute approximate surface area is 61.1 Å². The summed E-state index contributed by atoms with van der Waals surface area (Å²) in [6, 6.07) is 0.445. The molecule has 0 saturated carbocycles. The van der Waals surface area contributed by atoms with Gasteiger partial charge in [0.1, 0.15) is 0 Å². The third-order valence-corrected chi connectivity index (χ3v) is 1.24. The molecule has 0 aliphatic heterocycles. The molecule has 0 aliphatic carbocycles. The van der Waals surface area contributed by atoms with Gasteiger partial charge in [-0.25, -0.2) is 4.98 Å². The van der Waals surface area contributed by atoms with Crippen molar-refractivity contribution in [2.75, 3.05) is 5.32 Å². The van der Waals surface area contributed by atoms with Gasteiger partial charge in [0.2, 0.25) is 5.95 Å². The van der Waals surface area contributed by atoms with Gasteiger partial charge in [-0.05, 0) is 13.8 Å². The van der Waals surface area contributed by atoms with Gasteiger partial charge >= 0.3 is 0 Å². The van der Waals surface area contributed by atoms with Gasteiger partial charge in [0.15, 0.2) is 0 Å². The maximum absolute atomic E-state index is 4.11. The summed E-state index contributed by atoms with van der Waals surface area (Å²) in [6.07, 6.45) is 3.70. The third-order valence-electron chi connectivity index (χ3n) is 1.24. The summed E-state index contributed by atoms with van der Waals surface area (Å²) >= 11 is 0. The number of rotatable bonds is 2. The Morgan fingerprint density at radius 1 is 1.60 bits per heavy atom. The lowest BCUT2D eigenvalue weighted by Crippen LogP contribution is -2.13. The number of aryl methyl sites for hydroxylation is 1. The van der Waals surface area contributed by atoms with Crippen LogP contribution in [0.5, 0.6) is 0 Å². The van der Waals surface area contributed by atoms with Gasteiger partial charge in [0, 0.05) is 25.5 Å². The fraction of sp³-hybridized carbons (Fsp3) is 0.571. The minimum Gasteiger partial charge on any atom is -0.353 e. The van der Waals surface area contributed by atoms with Crippen LogP contribution in [-0.4, -0.2) is 15.6 Å². The molecule has 0 atom stereocenters. The van der Waals surface area contributed by atoms with Crippen LogP contribution >= 0.6 is 0 Å². The van der Waals surface area contributed by atoms with Crippen LogP contribution in [0.2, 0.25) is 0 Å². The summed E-state index contributed by atoms with van der Waals surface area (Å²) < 4.78 is 1.96. The molecule has 0 unspecified atom stereocenters. The fourth-order valence-electron chi connectivity index (χ4n) is 0.763. The highest BCUT2D eigenvalue weighted by atomic mass is 15.2. The van der Waals surface area contributed by atoms with Crippen LogP contribution in [0.4, 0.5) is 5.95 Å². The van der Waals surface area contributed by atoms with E-state index in [0.29, 0.717) is 6.04 Å². The lowest BCUT2D eigenvalue weighted by molar-refractivity contribution is 0.832. The van der Waals surface area contributed by atoms with Gasteiger partial charge in [0.25, 0.3) is 0 Å². The topological polar surface area (TPSA) is 29.9 Å². The van der Waals surface area contributed by atoms with Crippen molar-refractivity contribution in [1.29, 1.82) is 0 Å². The van der Waals surface area contributed by atoms with Crippen LogP contribution in [0.1, 0.15) is 13.8 Å². The molecule has 0 aromatic carbocycles. The van der Waals surface area contributed by atoms with Crippen LogP contribution in [0.3, 0.4) is 0 Å². The molecule has 3 heteroatoms. The molecule has 0 aliphatic rings. The van der Waals surface area contributed by atoms with Gasteiger partial charge in [0.05, 0.1) is 0 Å². The van der Waals surface area contributed by atoms with Crippen molar-refractivity contribution in [3.63, 3.8) is 0 Å². The van der Waals surface area contributed by atoms with Crippen molar-refractivity contribution in [3.05, 3.63) is 12.4 Å². The molecule has 0 fully saturated rings. The Morgan fingerprint density at radius 3 is 2.70 bits per heavy atom. The van der Waals surface area contributed by atoms with Crippen LogP contribution in [0.25, 0.3) is 0 Å². The van der Waals surface area contributed by atoms with Gasteiger partial charge in [-0.2, -0.15) is 0 Å². The van der Waals surface area contributed by atoms with Crippen molar-refractivity contribution in [3.8, 4) is 0 Å². The van der Waals surface area contributed by atoms with Gasteiger partial charge in [-0.1, -0.05) is 0 Å². The van der Waals surface area contributed by atoms with Crippen molar-refractivity contribution >= 4 is 5.95 Å². The zero-order chi connectivity index (χ0) is 7.56. The summed E-state index contributed by atoms with van der Waals surface area (Å²) in [4.78, 5) is 4.11. The van der Waals surface area contributed by atoms with E-state index in [1.54, 1.807) is 6.20 Å². The van der Waals surface area contributed by atoms with E-state index in [-0.39, 0.29) is 0 Å². The Balaban J connectivity index is 2.65. The monoisotopic (exact) mass is 139 g/mol. The average Bonchev–Trinajstić information content (AvgIpc) is 2.15. The normalized spacial score (nSPS) is 10.4. The smallest absolute Gasteiger partial charge is 0.202 e. The molecule has 10 heavy (non-hydrogen) atoms. The Kier molecular flexibility index (Phi) is 1.94. The third kappa shape index (κ3) is 1.50. The summed E-state index contributed by atoms with van der Waals surface area (Å²) in [5.74, 6) is 0.926. The Hall–Kier alpha value is -0.990. The molecule has 0 amide bonds. The minimum absolute atomic E-state index is 0.445. The fourth-order valence-corrected chi connectivity index (χ4v) is 0.763. The molecule has 3 nitrogen and oxygen atoms in total. The van der Waals surface area contributed by atoms with E-state index < -0.39 is 0 Å². The van der Waals surface area contributed by atoms with Gasteiger partial charge in [-0.15, -0.1) is 0 Å². The summed E-state index contributed by atoms with van der Waals surface area (Å²) in [6.45, 7) is 4.18. The molecular formula is C7H13N3. The van der Waals surface area contributed by atoms with Gasteiger partial charge < -0.3 is 9.88 Å². The van der Waals surface area contributed by atoms with Crippen LogP contribution < -0.4 is 5.32 Å². The molecular weight excluding hydrogens is 126 g/mol. The maximum Gasteiger partial charge on any atom is 0.202 e. The largest absolute Gasteiger partial charge is 0.353 e. The molecule has 1 aromatic heterocycles. The highest BCUT2D eigenvalue weighted by Gasteiger charge is 1.97. The second kappa shape index (κ2) is 2.73. The number of nitrogens with one attached hydrogen (secondary N) is 1. The quantitative estimate of drug-likeness (QED) is 0.668. The molecule has 56 valence electrons. The highest BCUT2D eigenvalue weighted by Crippen LogP contribution is 2.01. The number of imidazole rings is 1. The molecule has 0 radical (unpaired) electrons. The highest BCUT2D eigenvalue weighted by molar-refractivity contribution is 5.25. The van der Waals surface area contributed by atoms with Crippen molar-refractivity contribution in [1.82, 2.24) is 9.55 Å². The zero-order valence-corrected chi connectivity index (χ0v) is 6.63. The lowest BCUT2D eigenvalue weighted by atomic mass is 10.4. The predicted molar refractivity (Wildman–Crippen MR) is 42.0 cm³/mol. The van der Waals surface area contributed by atoms with Crippen molar-refractivity contribution in [2.45, 2.75) is 19.9 Å². The molecule has 1 heterocycles. The SMILES string of the molecule is CC(C)Nc1nccn1C. The van der Waals surface area contributed by atoms with E-state index in [0.717, 1.165) is 5.95 Å². The van der Waals surface area contributed by atoms with Crippen LogP contribution in [-0.2, 0) is 7.05 Å². The molecule has 1 aromatic rings. The van der Waals surface area contributed by atoms with Gasteiger partial charge in [-0.3, -0.25) is 0 Å². The zero-order valence-electron chi connectivity index (χ0n) is 6.63. The number of hydrogen-bond acceptors (Lipinski definition) is 2. The van der Waals surface area contributed by atoms with E-state index in [2.05, 4.69) is 24.1 Å². The summed E-state index contributed by atoms with van der Waals surface area (Å²) in [7, 11) is 1.97. The first-order valence-electron chi connectivity index (χ1n) is 3.44. The van der Waals surface area contributed by atoms with E-state index in [1.165, 1.54) is 0 Å². The molecule has 1 N–H and O–H groups in total. The first-order valence-corrected chi connectivity index (χ1v) is 3.44. The second-order valence-electron chi connectivity index (χ2n) is 2.66. The van der Waals surface area contributed by atoms with E-state index >= 15 is 0 Å². The van der Waals surface area contributed by atoms with Crippen LogP contribution in [0, 0.1) is 0 Å². The van der Waals surface area contributed by atoms with Crippen LogP contribution in [0.15, 0.2) is 12.4 Å². The first kappa shape index (κ1) is 7.12. The van der Waals surface area contributed by atoms with Crippen molar-refractivity contribution in [2.24, 2.45) is 7.05 Å². The number of nitrogens with zero attached hydrogens (tertiary/aromatic N) is 2. The standard InChI is InChI=1S/C7H13N3/c1-6(2)9-7-8-4-5-10(7)3/h4-6H,1-3H3,(H,8,9). The lowest BCUT2D eigenvalue weighted by Gasteiger charge is -2.07. The predicted octanol–water partition coefficient (Wildman–Crippen LogP) is 1.24. The van der Waals surface area contributed by atoms with E-state index in [9.17, 15) is 0 Å². The maximum atomic E-state index is 4.11. The summed E-state index contributed by atoms with van der Waals surface area (Å²) in [5.41, 5.74) is 0. The number of aromatic nitrogens is 2. The molecule has 1 rings (SSSR count). The van der Waals surface area contributed by atoms with Crippen molar-refractivity contribution < 1.29 is 0 Å². The Morgan fingerprint density at radius 2 is 2.30 bits per heavy atom. The summed E-state index contributed by atoms with van der Waals surface area (Å²) in [5, 5.41) is 3.20. The number of hydrogen-bond donors (Lipinski definition) is 1. The Bertz CT molecular complexity index is 202. The van der Waals surface area contributed by atoms with E-state index in [1.807, 2.05) is 17.8 Å². The van der Waals surface area contributed by atoms with E-state index in [4.69, 9.17) is 0 Å². The average molecular weight is 139 g/mol. The molecule has 0 bridgehead atoms. The second-order valence-corrected chi connectivity index (χ2v) is 2.66. The minimum atomic E-state index is 0.445. The number of anilines is 1. The molecule has 0 saturated heterocycles. The molecule has 0 spiro atoms.